The van der Waals surface area contributed by atoms with Gasteiger partial charge in [-0.3, -0.25) is 0 Å². The van der Waals surface area contributed by atoms with Crippen LogP contribution in [0.15, 0.2) is 18.5 Å². The lowest BCUT2D eigenvalue weighted by molar-refractivity contribution is 0.0455. The molecule has 1 saturated heterocycles. The van der Waals surface area contributed by atoms with E-state index in [9.17, 15) is 5.26 Å². The number of rotatable bonds is 10. The lowest BCUT2D eigenvalue weighted by Crippen LogP contribution is -2.42. The summed E-state index contributed by atoms with van der Waals surface area (Å²) in [6.45, 7) is 4.49. The molecule has 1 aliphatic carbocycles. The van der Waals surface area contributed by atoms with Crippen molar-refractivity contribution in [1.29, 1.82) is 5.26 Å². The Bertz CT molecular complexity index is 1080. The second-order valence-electron chi connectivity index (χ2n) is 10.0. The van der Waals surface area contributed by atoms with E-state index in [1.54, 1.807) is 19.5 Å². The minimum atomic E-state index is -0.485. The van der Waals surface area contributed by atoms with Crippen LogP contribution in [0, 0.1) is 16.7 Å². The molecule has 37 heavy (non-hydrogen) atoms. The van der Waals surface area contributed by atoms with Gasteiger partial charge in [-0.2, -0.15) is 5.26 Å². The smallest absolute Gasteiger partial charge is 0.155 e. The van der Waals surface area contributed by atoms with Crippen LogP contribution in [0.5, 0.6) is 0 Å². The number of nitrogens with one attached hydrogen (secondary N) is 3. The van der Waals surface area contributed by atoms with Crippen LogP contribution in [0.4, 0.5) is 11.6 Å². The van der Waals surface area contributed by atoms with Crippen LogP contribution in [0.25, 0.3) is 11.3 Å². The van der Waals surface area contributed by atoms with E-state index >= 15 is 0 Å². The first kappa shape index (κ1) is 27.8. The number of hydrogen-bond acceptors (Lipinski definition) is 9. The Morgan fingerprint density at radius 1 is 1.14 bits per heavy atom. The zero-order valence-electron chi connectivity index (χ0n) is 21.4. The van der Waals surface area contributed by atoms with Gasteiger partial charge in [-0.25, -0.2) is 15.0 Å². The Kier molecular flexibility index (Phi) is 9.79. The average molecular weight is 549 g/mol. The quantitative estimate of drug-likeness (QED) is 0.380. The number of pyridine rings is 1. The molecule has 2 aromatic rings. The summed E-state index contributed by atoms with van der Waals surface area (Å²) < 4.78 is 10.7. The number of anilines is 2. The molecule has 0 aromatic carbocycles. The number of halogens is 2. The molecule has 2 aliphatic rings. The number of ether oxygens (including phenoxy) is 2. The van der Waals surface area contributed by atoms with Gasteiger partial charge in [0.2, 0.25) is 0 Å². The van der Waals surface area contributed by atoms with Gasteiger partial charge in [-0.15, -0.1) is 0 Å². The van der Waals surface area contributed by atoms with Crippen molar-refractivity contribution in [2.75, 3.05) is 44.1 Å². The van der Waals surface area contributed by atoms with Crippen LogP contribution in [0.2, 0.25) is 10.2 Å². The lowest BCUT2D eigenvalue weighted by Gasteiger charge is -2.32. The fourth-order valence-electron chi connectivity index (χ4n) is 4.99. The standard InChI is InChI=1S/C26H35Cl2N7O2/c1-17(14-36-2)33-18-3-5-19(6-4-18)34-22-11-20(21(27)12-30-22)24-25(28)31-13-23(35-24)32-16-26(15-29)7-9-37-10-8-26/h11-13,17-19,33H,3-10,14,16H2,1-2H3,(H,30,34)(H,32,35)/t17-,18?,19?/m1/s1. The van der Waals surface area contributed by atoms with Crippen molar-refractivity contribution < 1.29 is 9.47 Å². The summed E-state index contributed by atoms with van der Waals surface area (Å²) in [6, 6.07) is 5.51. The number of methoxy groups -OCH3 is 1. The van der Waals surface area contributed by atoms with Crippen molar-refractivity contribution in [1.82, 2.24) is 20.3 Å². The molecule has 11 heteroatoms. The molecule has 0 amide bonds. The summed E-state index contributed by atoms with van der Waals surface area (Å²) in [4.78, 5) is 13.5. The van der Waals surface area contributed by atoms with Crippen molar-refractivity contribution in [3.63, 3.8) is 0 Å². The SMILES string of the molecule is COC[C@@H](C)NC1CCC(Nc2cc(-c3nc(NCC4(C#N)CCOCC4)cnc3Cl)c(Cl)cn2)CC1. The van der Waals surface area contributed by atoms with Gasteiger partial charge in [0.25, 0.3) is 0 Å². The van der Waals surface area contributed by atoms with Crippen LogP contribution in [0.3, 0.4) is 0 Å². The highest BCUT2D eigenvalue weighted by Crippen LogP contribution is 2.34. The molecule has 4 rings (SSSR count). The van der Waals surface area contributed by atoms with Crippen molar-refractivity contribution in [3.05, 3.63) is 28.6 Å². The molecular formula is C26H35Cl2N7O2. The van der Waals surface area contributed by atoms with Gasteiger partial charge in [-0.05, 0) is 51.5 Å². The van der Waals surface area contributed by atoms with Gasteiger partial charge >= 0.3 is 0 Å². The highest BCUT2D eigenvalue weighted by molar-refractivity contribution is 6.35. The predicted octanol–water partition coefficient (Wildman–Crippen LogP) is 4.93. The molecule has 0 bridgehead atoms. The van der Waals surface area contributed by atoms with E-state index in [1.807, 2.05) is 6.07 Å². The fraction of sp³-hybridized carbons (Fsp3) is 0.615. The summed E-state index contributed by atoms with van der Waals surface area (Å²) in [5.74, 6) is 1.27. The topological polar surface area (TPSA) is 117 Å². The molecule has 1 atom stereocenters. The maximum atomic E-state index is 9.73. The normalized spacial score (nSPS) is 22.1. The van der Waals surface area contributed by atoms with E-state index in [-0.39, 0.29) is 5.15 Å². The highest BCUT2D eigenvalue weighted by Gasteiger charge is 2.32. The first-order valence-electron chi connectivity index (χ1n) is 12.8. The van der Waals surface area contributed by atoms with E-state index in [2.05, 4.69) is 43.9 Å². The van der Waals surface area contributed by atoms with E-state index in [0.717, 1.165) is 31.5 Å². The second-order valence-corrected chi connectivity index (χ2v) is 10.8. The van der Waals surface area contributed by atoms with Gasteiger partial charge < -0.3 is 25.4 Å². The summed E-state index contributed by atoms with van der Waals surface area (Å²) in [7, 11) is 1.73. The third-order valence-electron chi connectivity index (χ3n) is 7.15. The molecule has 3 heterocycles. The molecule has 0 unspecified atom stereocenters. The van der Waals surface area contributed by atoms with E-state index in [4.69, 9.17) is 32.7 Å². The summed E-state index contributed by atoms with van der Waals surface area (Å²) in [6.07, 6.45) is 8.82. The minimum absolute atomic E-state index is 0.252. The van der Waals surface area contributed by atoms with Gasteiger partial charge in [-0.1, -0.05) is 23.2 Å². The van der Waals surface area contributed by atoms with Gasteiger partial charge in [0.15, 0.2) is 5.15 Å². The van der Waals surface area contributed by atoms with Crippen LogP contribution in [-0.2, 0) is 9.47 Å². The number of nitriles is 1. The highest BCUT2D eigenvalue weighted by atomic mass is 35.5. The number of aromatic nitrogens is 3. The van der Waals surface area contributed by atoms with Crippen LogP contribution < -0.4 is 16.0 Å². The Hall–Kier alpha value is -2.22. The zero-order chi connectivity index (χ0) is 26.3. The van der Waals surface area contributed by atoms with Crippen molar-refractivity contribution in [2.24, 2.45) is 5.41 Å². The summed E-state index contributed by atoms with van der Waals surface area (Å²) in [5.41, 5.74) is 0.645. The average Bonchev–Trinajstić information content (AvgIpc) is 2.91. The molecule has 9 nitrogen and oxygen atoms in total. The van der Waals surface area contributed by atoms with Crippen molar-refractivity contribution in [2.45, 2.75) is 63.6 Å². The predicted molar refractivity (Wildman–Crippen MR) is 146 cm³/mol. The molecule has 1 saturated carbocycles. The Labute approximate surface area is 228 Å². The minimum Gasteiger partial charge on any atom is -0.383 e. The maximum absolute atomic E-state index is 9.73. The number of nitrogens with zero attached hydrogens (tertiary/aromatic N) is 4. The Morgan fingerprint density at radius 2 is 1.86 bits per heavy atom. The molecule has 1 aliphatic heterocycles. The summed E-state index contributed by atoms with van der Waals surface area (Å²) >= 11 is 13.0. The first-order chi connectivity index (χ1) is 17.9. The van der Waals surface area contributed by atoms with Crippen LogP contribution >= 0.6 is 23.2 Å². The lowest BCUT2D eigenvalue weighted by atomic mass is 9.82. The molecule has 3 N–H and O–H groups in total. The Morgan fingerprint density at radius 3 is 2.57 bits per heavy atom. The largest absolute Gasteiger partial charge is 0.383 e. The molecule has 0 spiro atoms. The molecule has 2 fully saturated rings. The molecular weight excluding hydrogens is 513 g/mol. The molecule has 0 radical (unpaired) electrons. The maximum Gasteiger partial charge on any atom is 0.155 e. The zero-order valence-corrected chi connectivity index (χ0v) is 22.9. The fourth-order valence-corrected chi connectivity index (χ4v) is 5.38. The van der Waals surface area contributed by atoms with E-state index in [0.29, 0.717) is 79.4 Å². The molecule has 2 aromatic heterocycles. The van der Waals surface area contributed by atoms with Crippen LogP contribution in [0.1, 0.15) is 45.4 Å². The Balaban J connectivity index is 1.41. The van der Waals surface area contributed by atoms with Gasteiger partial charge in [0.05, 0.1) is 29.3 Å². The third-order valence-corrected chi connectivity index (χ3v) is 7.73. The van der Waals surface area contributed by atoms with E-state index in [1.165, 1.54) is 0 Å². The van der Waals surface area contributed by atoms with Gasteiger partial charge in [0.1, 0.15) is 17.3 Å². The van der Waals surface area contributed by atoms with Crippen LogP contribution in [-0.4, -0.2) is 66.6 Å². The van der Waals surface area contributed by atoms with Gasteiger partial charge in [0, 0.05) is 56.8 Å². The van der Waals surface area contributed by atoms with E-state index < -0.39 is 5.41 Å². The van der Waals surface area contributed by atoms with Crippen molar-refractivity contribution in [3.8, 4) is 17.3 Å². The molecule has 200 valence electrons. The van der Waals surface area contributed by atoms with Crippen molar-refractivity contribution >= 4 is 34.8 Å². The summed E-state index contributed by atoms with van der Waals surface area (Å²) in [5, 5.41) is 20.9. The third kappa shape index (κ3) is 7.43. The first-order valence-corrected chi connectivity index (χ1v) is 13.6. The number of hydrogen-bond donors (Lipinski definition) is 3. The second kappa shape index (κ2) is 13.0. The monoisotopic (exact) mass is 547 g/mol.